The van der Waals surface area contributed by atoms with E-state index in [4.69, 9.17) is 16.3 Å². The third kappa shape index (κ3) is 3.69. The van der Waals surface area contributed by atoms with Crippen LogP contribution in [0.4, 0.5) is 14.9 Å². The van der Waals surface area contributed by atoms with E-state index < -0.39 is 17.5 Å². The molecular formula is C21H21BrClFN4O2. The van der Waals surface area contributed by atoms with Crippen molar-refractivity contribution >= 4 is 50.2 Å². The summed E-state index contributed by atoms with van der Waals surface area (Å²) in [5, 5.41) is 13.2. The number of carbonyl (C=O) groups is 1. The minimum absolute atomic E-state index is 0.0367. The maximum Gasteiger partial charge on any atom is 0.407 e. The van der Waals surface area contributed by atoms with E-state index in [9.17, 15) is 14.4 Å². The summed E-state index contributed by atoms with van der Waals surface area (Å²) in [4.78, 5) is 18.5. The number of fused-ring (bicyclic) bond motifs is 1. The Bertz CT molecular complexity index is 1090. The van der Waals surface area contributed by atoms with Crippen LogP contribution < -0.4 is 10.2 Å². The summed E-state index contributed by atoms with van der Waals surface area (Å²) in [6, 6.07) is 5.31. The van der Waals surface area contributed by atoms with E-state index in [1.54, 1.807) is 12.1 Å². The van der Waals surface area contributed by atoms with Gasteiger partial charge in [0.25, 0.3) is 0 Å². The first kappa shape index (κ1) is 21.1. The molecule has 2 fully saturated rings. The Balaban J connectivity index is 1.72. The average Bonchev–Trinajstić information content (AvgIpc) is 3.33. The smallest absolute Gasteiger partial charge is 0.407 e. The highest BCUT2D eigenvalue weighted by atomic mass is 79.9. The Hall–Kier alpha value is -2.11. The normalized spacial score (nSPS) is 19.8. The topological polar surface area (TPSA) is 78.2 Å². The van der Waals surface area contributed by atoms with Crippen LogP contribution in [0.25, 0.3) is 10.9 Å². The Labute approximate surface area is 187 Å². The molecule has 0 bridgehead atoms. The predicted molar refractivity (Wildman–Crippen MR) is 116 cm³/mol. The zero-order valence-electron chi connectivity index (χ0n) is 16.9. The third-order valence-corrected chi connectivity index (χ3v) is 6.52. The number of pyridine rings is 1. The second kappa shape index (κ2) is 7.24. The lowest BCUT2D eigenvalue weighted by Crippen LogP contribution is -2.44. The molecule has 2 aliphatic rings. The molecule has 30 heavy (non-hydrogen) atoms. The summed E-state index contributed by atoms with van der Waals surface area (Å²) in [5.41, 5.74) is 0.196. The minimum atomic E-state index is -0.590. The largest absolute Gasteiger partial charge is 0.444 e. The predicted octanol–water partition coefficient (Wildman–Crippen LogP) is 5.15. The molecule has 9 heteroatoms. The number of hydrogen-bond acceptors (Lipinski definition) is 5. The van der Waals surface area contributed by atoms with Crippen LogP contribution in [-0.4, -0.2) is 35.8 Å². The fraction of sp³-hybridized carbons (Fsp3) is 0.476. The van der Waals surface area contributed by atoms with Crippen molar-refractivity contribution in [1.82, 2.24) is 10.3 Å². The first-order valence-corrected chi connectivity index (χ1v) is 10.8. The quantitative estimate of drug-likeness (QED) is 0.583. The van der Waals surface area contributed by atoms with Crippen LogP contribution in [0, 0.1) is 22.6 Å². The number of hydrogen-bond donors (Lipinski definition) is 1. The van der Waals surface area contributed by atoms with E-state index in [-0.39, 0.29) is 32.2 Å². The van der Waals surface area contributed by atoms with Crippen LogP contribution >= 0.6 is 27.5 Å². The summed E-state index contributed by atoms with van der Waals surface area (Å²) >= 11 is 9.43. The summed E-state index contributed by atoms with van der Waals surface area (Å²) < 4.78 is 20.4. The number of carbonyl (C=O) groups excluding carboxylic acids is 1. The molecule has 1 unspecified atom stereocenters. The molecule has 1 saturated heterocycles. The molecular weight excluding hydrogens is 475 g/mol. The molecule has 1 N–H and O–H groups in total. The highest BCUT2D eigenvalue weighted by molar-refractivity contribution is 9.10. The van der Waals surface area contributed by atoms with Crippen molar-refractivity contribution in [2.75, 3.05) is 18.0 Å². The van der Waals surface area contributed by atoms with Gasteiger partial charge >= 0.3 is 6.09 Å². The van der Waals surface area contributed by atoms with Gasteiger partial charge in [-0.2, -0.15) is 5.26 Å². The molecule has 1 amide bonds. The molecule has 1 aromatic heterocycles. The molecule has 1 aromatic carbocycles. The van der Waals surface area contributed by atoms with E-state index in [1.807, 2.05) is 25.7 Å². The van der Waals surface area contributed by atoms with Gasteiger partial charge in [0.1, 0.15) is 27.9 Å². The van der Waals surface area contributed by atoms with Gasteiger partial charge in [0, 0.05) is 23.9 Å². The average molecular weight is 496 g/mol. The number of amides is 1. The van der Waals surface area contributed by atoms with Crippen molar-refractivity contribution in [3.63, 3.8) is 0 Å². The van der Waals surface area contributed by atoms with Crippen molar-refractivity contribution in [3.05, 3.63) is 33.1 Å². The van der Waals surface area contributed by atoms with Crippen molar-refractivity contribution in [1.29, 1.82) is 5.26 Å². The third-order valence-electron chi connectivity index (χ3n) is 5.64. The van der Waals surface area contributed by atoms with E-state index in [0.29, 0.717) is 24.2 Å². The first-order valence-electron chi connectivity index (χ1n) is 9.66. The van der Waals surface area contributed by atoms with Crippen molar-refractivity contribution in [2.45, 2.75) is 45.3 Å². The fourth-order valence-corrected chi connectivity index (χ4v) is 4.65. The number of halogens is 3. The monoisotopic (exact) mass is 494 g/mol. The number of rotatable bonds is 2. The second-order valence-electron chi connectivity index (χ2n) is 8.94. The SMILES string of the molecule is CC(C)(C)OC(=O)NC1CN(c2c(C#N)c(Cl)nc3c(F)c(Br)ccc23)CC12CC2. The first-order chi connectivity index (χ1) is 14.0. The Morgan fingerprint density at radius 3 is 2.77 bits per heavy atom. The fourth-order valence-electron chi connectivity index (χ4n) is 4.11. The van der Waals surface area contributed by atoms with Crippen molar-refractivity contribution in [2.24, 2.45) is 5.41 Å². The van der Waals surface area contributed by atoms with E-state index in [0.717, 1.165) is 12.8 Å². The van der Waals surface area contributed by atoms with Crippen LogP contribution in [0.5, 0.6) is 0 Å². The highest BCUT2D eigenvalue weighted by Gasteiger charge is 2.56. The summed E-state index contributed by atoms with van der Waals surface area (Å²) in [6.07, 6.45) is 1.46. The van der Waals surface area contributed by atoms with Gasteiger partial charge in [-0.15, -0.1) is 0 Å². The summed E-state index contributed by atoms with van der Waals surface area (Å²) in [7, 11) is 0. The Kier molecular flexibility index (Phi) is 5.10. The molecule has 158 valence electrons. The van der Waals surface area contributed by atoms with E-state index in [1.165, 1.54) is 0 Å². The number of aromatic nitrogens is 1. The van der Waals surface area contributed by atoms with Crippen LogP contribution in [0.2, 0.25) is 5.15 Å². The van der Waals surface area contributed by atoms with Gasteiger partial charge in [0.2, 0.25) is 0 Å². The van der Waals surface area contributed by atoms with Gasteiger partial charge in [-0.05, 0) is 61.7 Å². The molecule has 2 heterocycles. The summed E-state index contributed by atoms with van der Waals surface area (Å²) in [5.74, 6) is -0.524. The van der Waals surface area contributed by atoms with Crippen LogP contribution in [0.15, 0.2) is 16.6 Å². The molecule has 1 aliphatic carbocycles. The zero-order chi connectivity index (χ0) is 21.8. The second-order valence-corrected chi connectivity index (χ2v) is 10.1. The van der Waals surface area contributed by atoms with Crippen LogP contribution in [0.3, 0.4) is 0 Å². The molecule has 6 nitrogen and oxygen atoms in total. The summed E-state index contributed by atoms with van der Waals surface area (Å²) in [6.45, 7) is 6.56. The molecule has 4 rings (SSSR count). The van der Waals surface area contributed by atoms with E-state index >= 15 is 0 Å². The lowest BCUT2D eigenvalue weighted by atomic mass is 10.0. The molecule has 0 radical (unpaired) electrons. The van der Waals surface area contributed by atoms with Gasteiger partial charge in [-0.25, -0.2) is 14.2 Å². The Morgan fingerprint density at radius 2 is 2.17 bits per heavy atom. The van der Waals surface area contributed by atoms with Gasteiger partial charge < -0.3 is 15.0 Å². The number of ether oxygens (including phenoxy) is 1. The van der Waals surface area contributed by atoms with Gasteiger partial charge in [-0.3, -0.25) is 0 Å². The van der Waals surface area contributed by atoms with Crippen LogP contribution in [0.1, 0.15) is 39.2 Å². The molecule has 1 spiro atoms. The number of alkyl carbamates (subject to hydrolysis) is 1. The standard InChI is InChI=1S/C21H21BrClFN4O2/c1-20(2,3)30-19(29)26-14-9-28(10-21(14)6-7-21)17-11-4-5-13(22)15(24)16(11)27-18(23)12(17)8-25/h4-5,14H,6-7,9-10H2,1-3H3,(H,26,29). The minimum Gasteiger partial charge on any atom is -0.444 e. The van der Waals surface area contributed by atoms with Crippen LogP contribution in [-0.2, 0) is 4.74 Å². The van der Waals surface area contributed by atoms with Gasteiger partial charge in [0.15, 0.2) is 5.82 Å². The van der Waals surface area contributed by atoms with Gasteiger partial charge in [0.05, 0.1) is 16.2 Å². The molecule has 1 aliphatic heterocycles. The lowest BCUT2D eigenvalue weighted by molar-refractivity contribution is 0.0493. The lowest BCUT2D eigenvalue weighted by Gasteiger charge is -2.24. The van der Waals surface area contributed by atoms with E-state index in [2.05, 4.69) is 32.3 Å². The number of anilines is 1. The van der Waals surface area contributed by atoms with Crippen molar-refractivity contribution < 1.29 is 13.9 Å². The maximum atomic E-state index is 14.7. The number of nitrogens with zero attached hydrogens (tertiary/aromatic N) is 3. The molecule has 1 atom stereocenters. The zero-order valence-corrected chi connectivity index (χ0v) is 19.2. The number of nitrogens with one attached hydrogen (secondary N) is 1. The number of nitriles is 1. The highest BCUT2D eigenvalue weighted by Crippen LogP contribution is 2.54. The Morgan fingerprint density at radius 1 is 1.47 bits per heavy atom. The molecule has 1 saturated carbocycles. The number of benzene rings is 1. The van der Waals surface area contributed by atoms with Crippen molar-refractivity contribution in [3.8, 4) is 6.07 Å². The molecule has 2 aromatic rings. The van der Waals surface area contributed by atoms with Gasteiger partial charge in [-0.1, -0.05) is 11.6 Å². The maximum absolute atomic E-state index is 14.7.